The molecule has 0 aliphatic carbocycles. The Balaban J connectivity index is 2.90. The van der Waals surface area contributed by atoms with Gasteiger partial charge in [0, 0.05) is 17.2 Å². The molecule has 1 aromatic rings. The minimum atomic E-state index is -0.409. The summed E-state index contributed by atoms with van der Waals surface area (Å²) < 4.78 is 5.52. The molecular weight excluding hydrogens is 324 g/mol. The number of pyridine rings is 1. The van der Waals surface area contributed by atoms with Crippen LogP contribution in [-0.2, 0) is 9.53 Å². The maximum Gasteiger partial charge on any atom is 0.325 e. The second-order valence-corrected chi connectivity index (χ2v) is 5.57. The highest BCUT2D eigenvalue weighted by molar-refractivity contribution is 9.10. The highest BCUT2D eigenvalue weighted by Gasteiger charge is 2.23. The molecule has 1 amide bonds. The van der Waals surface area contributed by atoms with Crippen molar-refractivity contribution in [3.63, 3.8) is 0 Å². The van der Waals surface area contributed by atoms with Crippen molar-refractivity contribution >= 4 is 27.8 Å². The molecule has 0 fully saturated rings. The van der Waals surface area contributed by atoms with Gasteiger partial charge in [-0.25, -0.2) is 4.98 Å². The minimum absolute atomic E-state index is 0.0616. The summed E-state index contributed by atoms with van der Waals surface area (Å²) in [6.07, 6.45) is 1.55. The second kappa shape index (κ2) is 7.99. The first-order valence-corrected chi connectivity index (χ1v) is 7.30. The number of carbonyl (C=O) groups is 2. The molecule has 6 heteroatoms. The van der Waals surface area contributed by atoms with E-state index in [0.717, 1.165) is 0 Å². The van der Waals surface area contributed by atoms with E-state index in [2.05, 4.69) is 20.9 Å². The van der Waals surface area contributed by atoms with Gasteiger partial charge >= 0.3 is 5.97 Å². The smallest absolute Gasteiger partial charge is 0.325 e. The van der Waals surface area contributed by atoms with Crippen molar-refractivity contribution in [3.05, 3.63) is 28.5 Å². The molecule has 0 unspecified atom stereocenters. The van der Waals surface area contributed by atoms with Gasteiger partial charge < -0.3 is 9.64 Å². The van der Waals surface area contributed by atoms with E-state index < -0.39 is 5.97 Å². The number of ether oxygens (including phenoxy) is 1. The summed E-state index contributed by atoms with van der Waals surface area (Å²) in [7, 11) is 0. The Morgan fingerprint density at radius 1 is 1.45 bits per heavy atom. The second-order valence-electron chi connectivity index (χ2n) is 4.72. The normalized spacial score (nSPS) is 10.4. The predicted molar refractivity (Wildman–Crippen MR) is 79.3 cm³/mol. The van der Waals surface area contributed by atoms with Crippen LogP contribution in [0.4, 0.5) is 0 Å². The Morgan fingerprint density at radius 3 is 2.70 bits per heavy atom. The standard InChI is InChI=1S/C14H19BrN2O3/c1-4-20-12(18)9-17(8-10(2)3)14(19)13-11(15)6-5-7-16-13/h5-7,10H,4,8-9H2,1-3H3. The fourth-order valence-electron chi connectivity index (χ4n) is 1.72. The van der Waals surface area contributed by atoms with Gasteiger partial charge in [-0.2, -0.15) is 0 Å². The molecule has 0 aliphatic heterocycles. The summed E-state index contributed by atoms with van der Waals surface area (Å²) in [6.45, 7) is 6.42. The van der Waals surface area contributed by atoms with E-state index in [-0.39, 0.29) is 18.4 Å². The molecule has 1 rings (SSSR count). The SMILES string of the molecule is CCOC(=O)CN(CC(C)C)C(=O)c1ncccc1Br. The Labute approximate surface area is 127 Å². The fourth-order valence-corrected chi connectivity index (χ4v) is 2.14. The third-order valence-electron chi connectivity index (χ3n) is 2.46. The number of amides is 1. The molecule has 0 aromatic carbocycles. The molecule has 5 nitrogen and oxygen atoms in total. The van der Waals surface area contributed by atoms with Gasteiger partial charge in [0.25, 0.3) is 5.91 Å². The summed E-state index contributed by atoms with van der Waals surface area (Å²) >= 11 is 3.30. The maximum atomic E-state index is 12.5. The Kier molecular flexibility index (Phi) is 6.64. The molecule has 0 spiro atoms. The van der Waals surface area contributed by atoms with Crippen LogP contribution in [0.25, 0.3) is 0 Å². The van der Waals surface area contributed by atoms with Gasteiger partial charge in [0.15, 0.2) is 0 Å². The largest absolute Gasteiger partial charge is 0.465 e. The molecule has 1 aromatic heterocycles. The summed E-state index contributed by atoms with van der Waals surface area (Å²) in [4.78, 5) is 29.6. The first-order valence-electron chi connectivity index (χ1n) is 6.51. The van der Waals surface area contributed by atoms with Crippen molar-refractivity contribution in [2.75, 3.05) is 19.7 Å². The van der Waals surface area contributed by atoms with E-state index in [4.69, 9.17) is 4.74 Å². The zero-order valence-corrected chi connectivity index (χ0v) is 13.5. The average molecular weight is 343 g/mol. The molecule has 110 valence electrons. The third kappa shape index (κ3) is 4.92. The summed E-state index contributed by atoms with van der Waals surface area (Å²) in [5, 5.41) is 0. The van der Waals surface area contributed by atoms with Crippen LogP contribution in [0.15, 0.2) is 22.8 Å². The topological polar surface area (TPSA) is 59.5 Å². The Hall–Kier alpha value is -1.43. The molecule has 0 saturated carbocycles. The predicted octanol–water partition coefficient (Wildman–Crippen LogP) is 2.51. The van der Waals surface area contributed by atoms with E-state index in [1.165, 1.54) is 4.90 Å². The lowest BCUT2D eigenvalue weighted by molar-refractivity contribution is -0.143. The number of hydrogen-bond acceptors (Lipinski definition) is 4. The number of halogens is 1. The maximum absolute atomic E-state index is 12.5. The zero-order chi connectivity index (χ0) is 15.1. The summed E-state index contributed by atoms with van der Waals surface area (Å²) in [6, 6.07) is 3.48. The highest BCUT2D eigenvalue weighted by atomic mass is 79.9. The molecule has 0 N–H and O–H groups in total. The van der Waals surface area contributed by atoms with Gasteiger partial charge in [-0.3, -0.25) is 9.59 Å². The number of aromatic nitrogens is 1. The van der Waals surface area contributed by atoms with E-state index in [0.29, 0.717) is 23.3 Å². The van der Waals surface area contributed by atoms with Crippen molar-refractivity contribution < 1.29 is 14.3 Å². The number of carbonyl (C=O) groups excluding carboxylic acids is 2. The average Bonchev–Trinajstić information content (AvgIpc) is 2.37. The minimum Gasteiger partial charge on any atom is -0.465 e. The summed E-state index contributed by atoms with van der Waals surface area (Å²) in [5.74, 6) is -0.441. The van der Waals surface area contributed by atoms with Crippen molar-refractivity contribution in [1.82, 2.24) is 9.88 Å². The van der Waals surface area contributed by atoms with Gasteiger partial charge in [0.1, 0.15) is 12.2 Å². The monoisotopic (exact) mass is 342 g/mol. The molecule has 20 heavy (non-hydrogen) atoms. The van der Waals surface area contributed by atoms with Gasteiger partial charge in [-0.1, -0.05) is 13.8 Å². The van der Waals surface area contributed by atoms with Crippen LogP contribution in [0.2, 0.25) is 0 Å². The zero-order valence-electron chi connectivity index (χ0n) is 11.9. The van der Waals surface area contributed by atoms with Crippen molar-refractivity contribution in [2.45, 2.75) is 20.8 Å². The number of nitrogens with zero attached hydrogens (tertiary/aromatic N) is 2. The van der Waals surface area contributed by atoms with Crippen molar-refractivity contribution in [1.29, 1.82) is 0 Å². The Bertz CT molecular complexity index is 477. The van der Waals surface area contributed by atoms with E-state index in [9.17, 15) is 9.59 Å². The van der Waals surface area contributed by atoms with Crippen LogP contribution in [0.1, 0.15) is 31.3 Å². The lowest BCUT2D eigenvalue weighted by atomic mass is 10.2. The molecule has 0 saturated heterocycles. The lowest BCUT2D eigenvalue weighted by Gasteiger charge is -2.23. The molecule has 1 heterocycles. The van der Waals surface area contributed by atoms with Crippen LogP contribution in [0, 0.1) is 5.92 Å². The molecule has 0 atom stereocenters. The lowest BCUT2D eigenvalue weighted by Crippen LogP contribution is -2.39. The highest BCUT2D eigenvalue weighted by Crippen LogP contribution is 2.16. The molecular formula is C14H19BrN2O3. The first kappa shape index (κ1) is 16.6. The van der Waals surface area contributed by atoms with E-state index >= 15 is 0 Å². The van der Waals surface area contributed by atoms with Gasteiger partial charge in [0.05, 0.1) is 6.61 Å². The van der Waals surface area contributed by atoms with Crippen LogP contribution in [0.3, 0.4) is 0 Å². The number of esters is 1. The first-order chi connectivity index (χ1) is 9.45. The van der Waals surface area contributed by atoms with Crippen molar-refractivity contribution in [3.8, 4) is 0 Å². The molecule has 0 radical (unpaired) electrons. The van der Waals surface area contributed by atoms with Gasteiger partial charge in [-0.05, 0) is 40.9 Å². The summed E-state index contributed by atoms with van der Waals surface area (Å²) in [5.41, 5.74) is 0.303. The number of rotatable bonds is 6. The fraction of sp³-hybridized carbons (Fsp3) is 0.500. The van der Waals surface area contributed by atoms with Crippen LogP contribution in [-0.4, -0.2) is 41.5 Å². The molecule has 0 bridgehead atoms. The van der Waals surface area contributed by atoms with Crippen LogP contribution >= 0.6 is 15.9 Å². The number of hydrogen-bond donors (Lipinski definition) is 0. The van der Waals surface area contributed by atoms with Crippen LogP contribution < -0.4 is 0 Å². The van der Waals surface area contributed by atoms with E-state index in [1.807, 2.05) is 13.8 Å². The van der Waals surface area contributed by atoms with Gasteiger partial charge in [-0.15, -0.1) is 0 Å². The molecule has 0 aliphatic rings. The third-order valence-corrected chi connectivity index (χ3v) is 3.10. The quantitative estimate of drug-likeness (QED) is 0.745. The van der Waals surface area contributed by atoms with Crippen molar-refractivity contribution in [2.24, 2.45) is 5.92 Å². The van der Waals surface area contributed by atoms with Crippen LogP contribution in [0.5, 0.6) is 0 Å². The van der Waals surface area contributed by atoms with Gasteiger partial charge in [0.2, 0.25) is 0 Å². The van der Waals surface area contributed by atoms with E-state index in [1.54, 1.807) is 25.3 Å². The Morgan fingerprint density at radius 2 is 2.15 bits per heavy atom.